The maximum atomic E-state index is 5.98. The van der Waals surface area contributed by atoms with E-state index in [-0.39, 0.29) is 0 Å². The average molecular weight is 287 g/mol. The molecule has 8 heteroatoms. The molecule has 0 aliphatic heterocycles. The van der Waals surface area contributed by atoms with Crippen molar-refractivity contribution in [2.75, 3.05) is 11.9 Å². The quantitative estimate of drug-likeness (QED) is 0.761. The predicted octanol–water partition coefficient (Wildman–Crippen LogP) is 1.93. The predicted molar refractivity (Wildman–Crippen MR) is 78.6 cm³/mol. The van der Waals surface area contributed by atoms with Gasteiger partial charge in [0.15, 0.2) is 11.4 Å². The van der Waals surface area contributed by atoms with Gasteiger partial charge in [0.2, 0.25) is 11.8 Å². The zero-order chi connectivity index (χ0) is 15.0. The average Bonchev–Trinajstić information content (AvgIpc) is 3.00. The van der Waals surface area contributed by atoms with Crippen LogP contribution in [0.5, 0.6) is 11.6 Å². The second-order valence-corrected chi connectivity index (χ2v) is 4.74. The zero-order valence-electron chi connectivity index (χ0n) is 12.4. The lowest BCUT2D eigenvalue weighted by Gasteiger charge is -2.08. The molecule has 0 unspecified atom stereocenters. The second kappa shape index (κ2) is 5.04. The molecule has 3 heterocycles. The number of hydrogen-bond acceptors (Lipinski definition) is 6. The highest BCUT2D eigenvalue weighted by molar-refractivity contribution is 5.81. The van der Waals surface area contributed by atoms with E-state index in [1.165, 1.54) is 0 Å². The largest absolute Gasteiger partial charge is 0.434 e. The summed E-state index contributed by atoms with van der Waals surface area (Å²) in [4.78, 5) is 8.74. The van der Waals surface area contributed by atoms with Crippen LogP contribution in [0.2, 0.25) is 0 Å². The lowest BCUT2D eigenvalue weighted by atomic mass is 10.3. The lowest BCUT2D eigenvalue weighted by molar-refractivity contribution is 0.461. The van der Waals surface area contributed by atoms with Crippen molar-refractivity contribution >= 4 is 17.0 Å². The van der Waals surface area contributed by atoms with Crippen LogP contribution in [0, 0.1) is 13.8 Å². The number of fused-ring (bicyclic) bond motifs is 1. The van der Waals surface area contributed by atoms with Gasteiger partial charge in [-0.3, -0.25) is 9.78 Å². The Morgan fingerprint density at radius 2 is 2.14 bits per heavy atom. The van der Waals surface area contributed by atoms with Crippen LogP contribution in [0.15, 0.2) is 6.20 Å². The van der Waals surface area contributed by atoms with E-state index in [9.17, 15) is 0 Å². The molecule has 21 heavy (non-hydrogen) atoms. The Morgan fingerprint density at radius 1 is 1.33 bits per heavy atom. The number of aryl methyl sites for hydroxylation is 2. The van der Waals surface area contributed by atoms with Gasteiger partial charge in [0.05, 0.1) is 11.9 Å². The van der Waals surface area contributed by atoms with E-state index in [1.54, 1.807) is 10.9 Å². The smallest absolute Gasteiger partial charge is 0.235 e. The first-order valence-electron chi connectivity index (χ1n) is 6.73. The van der Waals surface area contributed by atoms with E-state index in [0.717, 1.165) is 23.3 Å². The Labute approximate surface area is 121 Å². The number of aromatic amines is 1. The number of H-pyrrole nitrogens is 1. The van der Waals surface area contributed by atoms with Crippen molar-refractivity contribution in [3.8, 4) is 11.6 Å². The van der Waals surface area contributed by atoms with Crippen molar-refractivity contribution in [3.63, 3.8) is 0 Å². The van der Waals surface area contributed by atoms with Crippen LogP contribution in [0.25, 0.3) is 11.0 Å². The van der Waals surface area contributed by atoms with E-state index in [2.05, 4.69) is 30.6 Å². The standard InChI is InChI=1S/C13H17N7O/c1-5-14-13-16-11-9(6-15-18-11)12(17-13)21-10-7(2)19-20(4)8(10)3/h6H,5H2,1-4H3,(H2,14,15,16,17,18). The van der Waals surface area contributed by atoms with Gasteiger partial charge >= 0.3 is 0 Å². The molecule has 0 atom stereocenters. The molecule has 0 saturated carbocycles. The van der Waals surface area contributed by atoms with Gasteiger partial charge in [0.25, 0.3) is 0 Å². The molecular weight excluding hydrogens is 270 g/mol. The Morgan fingerprint density at radius 3 is 2.81 bits per heavy atom. The van der Waals surface area contributed by atoms with Crippen molar-refractivity contribution in [1.29, 1.82) is 0 Å². The molecule has 0 aliphatic rings. The van der Waals surface area contributed by atoms with Gasteiger partial charge in [-0.05, 0) is 20.8 Å². The number of ether oxygens (including phenoxy) is 1. The highest BCUT2D eigenvalue weighted by Crippen LogP contribution is 2.31. The third kappa shape index (κ3) is 2.28. The summed E-state index contributed by atoms with van der Waals surface area (Å²) in [5.41, 5.74) is 2.39. The van der Waals surface area contributed by atoms with Crippen LogP contribution in [0.3, 0.4) is 0 Å². The van der Waals surface area contributed by atoms with E-state index >= 15 is 0 Å². The van der Waals surface area contributed by atoms with E-state index in [1.807, 2.05) is 27.8 Å². The van der Waals surface area contributed by atoms with Crippen molar-refractivity contribution in [3.05, 3.63) is 17.6 Å². The van der Waals surface area contributed by atoms with E-state index in [4.69, 9.17) is 4.74 Å². The molecule has 0 fully saturated rings. The monoisotopic (exact) mass is 287 g/mol. The Balaban J connectivity index is 2.08. The van der Waals surface area contributed by atoms with Gasteiger partial charge in [-0.2, -0.15) is 20.2 Å². The molecular formula is C13H17N7O. The first-order chi connectivity index (χ1) is 10.1. The second-order valence-electron chi connectivity index (χ2n) is 4.74. The number of rotatable bonds is 4. The number of nitrogens with zero attached hydrogens (tertiary/aromatic N) is 5. The highest BCUT2D eigenvalue weighted by atomic mass is 16.5. The van der Waals surface area contributed by atoms with Crippen molar-refractivity contribution in [2.45, 2.75) is 20.8 Å². The van der Waals surface area contributed by atoms with Crippen LogP contribution in [-0.4, -0.2) is 36.5 Å². The molecule has 0 aromatic carbocycles. The van der Waals surface area contributed by atoms with E-state index in [0.29, 0.717) is 23.2 Å². The zero-order valence-corrected chi connectivity index (χ0v) is 12.4. The summed E-state index contributed by atoms with van der Waals surface area (Å²) >= 11 is 0. The van der Waals surface area contributed by atoms with Crippen LogP contribution in [-0.2, 0) is 7.05 Å². The fraction of sp³-hybridized carbons (Fsp3) is 0.385. The highest BCUT2D eigenvalue weighted by Gasteiger charge is 2.16. The minimum atomic E-state index is 0.462. The molecule has 0 bridgehead atoms. The molecule has 0 saturated heterocycles. The molecule has 3 rings (SSSR count). The third-order valence-electron chi connectivity index (χ3n) is 3.25. The topological polar surface area (TPSA) is 93.5 Å². The van der Waals surface area contributed by atoms with Crippen LogP contribution >= 0.6 is 0 Å². The minimum Gasteiger partial charge on any atom is -0.434 e. The summed E-state index contributed by atoms with van der Waals surface area (Å²) in [6, 6.07) is 0. The van der Waals surface area contributed by atoms with Gasteiger partial charge in [0.1, 0.15) is 11.1 Å². The lowest BCUT2D eigenvalue weighted by Crippen LogP contribution is -2.03. The number of anilines is 1. The normalized spacial score (nSPS) is 11.0. The van der Waals surface area contributed by atoms with Crippen LogP contribution < -0.4 is 10.1 Å². The fourth-order valence-corrected chi connectivity index (χ4v) is 2.12. The molecule has 0 amide bonds. The van der Waals surface area contributed by atoms with Gasteiger partial charge in [-0.25, -0.2) is 0 Å². The number of nitrogens with one attached hydrogen (secondary N) is 2. The summed E-state index contributed by atoms with van der Waals surface area (Å²) in [6.07, 6.45) is 1.65. The molecule has 2 N–H and O–H groups in total. The van der Waals surface area contributed by atoms with Crippen LogP contribution in [0.1, 0.15) is 18.3 Å². The van der Waals surface area contributed by atoms with Crippen molar-refractivity contribution in [1.82, 2.24) is 29.9 Å². The Kier molecular flexibility index (Phi) is 3.20. The number of aromatic nitrogens is 6. The molecule has 110 valence electrons. The summed E-state index contributed by atoms with van der Waals surface area (Å²) in [5.74, 6) is 1.67. The molecule has 3 aromatic heterocycles. The molecule has 0 spiro atoms. The molecule has 0 aliphatic carbocycles. The first-order valence-corrected chi connectivity index (χ1v) is 6.73. The number of hydrogen-bond donors (Lipinski definition) is 2. The van der Waals surface area contributed by atoms with E-state index < -0.39 is 0 Å². The van der Waals surface area contributed by atoms with Gasteiger partial charge in [-0.15, -0.1) is 0 Å². The third-order valence-corrected chi connectivity index (χ3v) is 3.25. The maximum Gasteiger partial charge on any atom is 0.235 e. The maximum absolute atomic E-state index is 5.98. The van der Waals surface area contributed by atoms with Crippen molar-refractivity contribution in [2.24, 2.45) is 7.05 Å². The minimum absolute atomic E-state index is 0.462. The first kappa shape index (κ1) is 13.3. The summed E-state index contributed by atoms with van der Waals surface area (Å²) < 4.78 is 7.77. The molecule has 0 radical (unpaired) electrons. The van der Waals surface area contributed by atoms with Crippen LogP contribution in [0.4, 0.5) is 5.95 Å². The summed E-state index contributed by atoms with van der Waals surface area (Å²) in [7, 11) is 1.88. The summed E-state index contributed by atoms with van der Waals surface area (Å²) in [5, 5.41) is 15.0. The summed E-state index contributed by atoms with van der Waals surface area (Å²) in [6.45, 7) is 6.57. The molecule has 3 aromatic rings. The van der Waals surface area contributed by atoms with Gasteiger partial charge in [-0.1, -0.05) is 0 Å². The van der Waals surface area contributed by atoms with Gasteiger partial charge in [0, 0.05) is 13.6 Å². The fourth-order valence-electron chi connectivity index (χ4n) is 2.12. The molecule has 8 nitrogen and oxygen atoms in total. The van der Waals surface area contributed by atoms with Crippen molar-refractivity contribution < 1.29 is 4.74 Å². The van der Waals surface area contributed by atoms with Gasteiger partial charge < -0.3 is 10.1 Å². The Hall–Kier alpha value is -2.64. The Bertz CT molecular complexity index is 789. The SMILES string of the molecule is CCNc1nc(Oc2c(C)nn(C)c2C)c2cn[nH]c2n1.